The first-order chi connectivity index (χ1) is 8.78. The third-order valence-corrected chi connectivity index (χ3v) is 3.61. The smallest absolute Gasteiger partial charge is 0.232 e. The molecule has 106 valence electrons. The largest absolute Gasteiger partial charge is 0.342 e. The second kappa shape index (κ2) is 6.42. The molecule has 2 nitrogen and oxygen atoms in total. The Labute approximate surface area is 121 Å². The Morgan fingerprint density at radius 3 is 2.21 bits per heavy atom. The van der Waals surface area contributed by atoms with Crippen LogP contribution in [0.2, 0.25) is 5.02 Å². The molecule has 0 atom stereocenters. The lowest BCUT2D eigenvalue weighted by Crippen LogP contribution is -2.44. The summed E-state index contributed by atoms with van der Waals surface area (Å²) in [6.45, 7) is 11.8. The van der Waals surface area contributed by atoms with E-state index in [0.29, 0.717) is 10.9 Å². The zero-order valence-corrected chi connectivity index (χ0v) is 13.3. The van der Waals surface area contributed by atoms with Crippen LogP contribution in [0.25, 0.3) is 0 Å². The van der Waals surface area contributed by atoms with E-state index in [2.05, 4.69) is 13.8 Å². The van der Waals surface area contributed by atoms with Crippen molar-refractivity contribution in [1.29, 1.82) is 0 Å². The molecule has 0 saturated heterocycles. The maximum atomic E-state index is 12.7. The summed E-state index contributed by atoms with van der Waals surface area (Å²) in [6.07, 6.45) is 0. The first-order valence-electron chi connectivity index (χ1n) is 6.84. The van der Waals surface area contributed by atoms with Gasteiger partial charge in [-0.25, -0.2) is 0 Å². The minimum Gasteiger partial charge on any atom is -0.342 e. The number of hydrogen-bond acceptors (Lipinski definition) is 1. The standard InChI is InChI=1S/C16H24ClNO/c1-6-18(11-12(2)3)15(19)16(4,5)13-7-9-14(17)10-8-13/h7-10,12H,6,11H2,1-5H3. The summed E-state index contributed by atoms with van der Waals surface area (Å²) in [4.78, 5) is 14.6. The summed E-state index contributed by atoms with van der Waals surface area (Å²) in [7, 11) is 0. The van der Waals surface area contributed by atoms with Crippen molar-refractivity contribution >= 4 is 17.5 Å². The highest BCUT2D eigenvalue weighted by atomic mass is 35.5. The van der Waals surface area contributed by atoms with Crippen molar-refractivity contribution in [3.05, 3.63) is 34.9 Å². The second-order valence-corrected chi connectivity index (χ2v) is 6.31. The molecule has 3 heteroatoms. The summed E-state index contributed by atoms with van der Waals surface area (Å²) in [5.41, 5.74) is 0.485. The van der Waals surface area contributed by atoms with E-state index in [1.54, 1.807) is 0 Å². The summed E-state index contributed by atoms with van der Waals surface area (Å²) in [5, 5.41) is 0.696. The molecule has 1 rings (SSSR count). The summed E-state index contributed by atoms with van der Waals surface area (Å²) in [5.74, 6) is 0.649. The number of nitrogens with zero attached hydrogens (tertiary/aromatic N) is 1. The summed E-state index contributed by atoms with van der Waals surface area (Å²) >= 11 is 5.90. The number of benzene rings is 1. The number of hydrogen-bond donors (Lipinski definition) is 0. The Hall–Kier alpha value is -1.02. The average Bonchev–Trinajstić information content (AvgIpc) is 2.35. The molecule has 0 unspecified atom stereocenters. The predicted molar refractivity (Wildman–Crippen MR) is 81.6 cm³/mol. The van der Waals surface area contributed by atoms with Crippen molar-refractivity contribution in [3.8, 4) is 0 Å². The molecule has 0 radical (unpaired) electrons. The predicted octanol–water partition coefficient (Wildman–Crippen LogP) is 4.12. The third-order valence-electron chi connectivity index (χ3n) is 3.36. The third kappa shape index (κ3) is 3.97. The lowest BCUT2D eigenvalue weighted by atomic mass is 9.83. The van der Waals surface area contributed by atoms with Gasteiger partial charge in [0, 0.05) is 18.1 Å². The first-order valence-corrected chi connectivity index (χ1v) is 7.22. The summed E-state index contributed by atoms with van der Waals surface area (Å²) in [6, 6.07) is 7.54. The van der Waals surface area contributed by atoms with Gasteiger partial charge < -0.3 is 4.90 Å². The number of carbonyl (C=O) groups is 1. The highest BCUT2D eigenvalue weighted by molar-refractivity contribution is 6.30. The lowest BCUT2D eigenvalue weighted by Gasteiger charge is -2.32. The van der Waals surface area contributed by atoms with Gasteiger partial charge in [-0.3, -0.25) is 4.79 Å². The van der Waals surface area contributed by atoms with E-state index in [0.717, 1.165) is 18.7 Å². The normalized spacial score (nSPS) is 11.7. The van der Waals surface area contributed by atoms with Crippen molar-refractivity contribution in [2.75, 3.05) is 13.1 Å². The highest BCUT2D eigenvalue weighted by Crippen LogP contribution is 2.27. The SMILES string of the molecule is CCN(CC(C)C)C(=O)C(C)(C)c1ccc(Cl)cc1. The van der Waals surface area contributed by atoms with Crippen molar-refractivity contribution in [1.82, 2.24) is 4.90 Å². The first kappa shape index (κ1) is 16.0. The molecule has 1 aromatic rings. The van der Waals surface area contributed by atoms with Crippen LogP contribution >= 0.6 is 11.6 Å². The topological polar surface area (TPSA) is 20.3 Å². The minimum absolute atomic E-state index is 0.172. The molecule has 0 aliphatic rings. The Balaban J connectivity index is 2.97. The molecule has 0 aliphatic carbocycles. The fraction of sp³-hybridized carbons (Fsp3) is 0.562. The zero-order chi connectivity index (χ0) is 14.6. The van der Waals surface area contributed by atoms with Crippen molar-refractivity contribution in [2.24, 2.45) is 5.92 Å². The molecule has 0 spiro atoms. The van der Waals surface area contributed by atoms with E-state index >= 15 is 0 Å². The average molecular weight is 282 g/mol. The Kier molecular flexibility index (Phi) is 5.42. The van der Waals surface area contributed by atoms with Gasteiger partial charge in [0.25, 0.3) is 0 Å². The van der Waals surface area contributed by atoms with E-state index in [9.17, 15) is 4.79 Å². The van der Waals surface area contributed by atoms with Crippen LogP contribution in [-0.4, -0.2) is 23.9 Å². The van der Waals surface area contributed by atoms with Gasteiger partial charge in [-0.05, 0) is 44.4 Å². The fourth-order valence-electron chi connectivity index (χ4n) is 2.18. The highest BCUT2D eigenvalue weighted by Gasteiger charge is 2.33. The molecule has 0 N–H and O–H groups in total. The Bertz CT molecular complexity index is 423. The van der Waals surface area contributed by atoms with E-state index in [4.69, 9.17) is 11.6 Å². The van der Waals surface area contributed by atoms with Gasteiger partial charge in [0.15, 0.2) is 0 Å². The molecule has 0 saturated carbocycles. The minimum atomic E-state index is -0.518. The van der Waals surface area contributed by atoms with Crippen LogP contribution in [0, 0.1) is 5.92 Å². The van der Waals surface area contributed by atoms with Gasteiger partial charge in [-0.15, -0.1) is 0 Å². The van der Waals surface area contributed by atoms with Crippen LogP contribution < -0.4 is 0 Å². The molecule has 1 amide bonds. The van der Waals surface area contributed by atoms with Crippen LogP contribution in [0.4, 0.5) is 0 Å². The van der Waals surface area contributed by atoms with Gasteiger partial charge in [-0.1, -0.05) is 37.6 Å². The van der Waals surface area contributed by atoms with Gasteiger partial charge >= 0.3 is 0 Å². The van der Waals surface area contributed by atoms with Gasteiger partial charge in [0.05, 0.1) is 5.41 Å². The Morgan fingerprint density at radius 1 is 1.26 bits per heavy atom. The maximum absolute atomic E-state index is 12.7. The molecule has 1 aromatic carbocycles. The molecule has 0 aliphatic heterocycles. The Morgan fingerprint density at radius 2 is 1.79 bits per heavy atom. The van der Waals surface area contributed by atoms with Gasteiger partial charge in [-0.2, -0.15) is 0 Å². The van der Waals surface area contributed by atoms with Crippen LogP contribution in [-0.2, 0) is 10.2 Å². The lowest BCUT2D eigenvalue weighted by molar-refractivity contribution is -0.136. The second-order valence-electron chi connectivity index (χ2n) is 5.87. The molecular formula is C16H24ClNO. The molecular weight excluding hydrogens is 258 g/mol. The maximum Gasteiger partial charge on any atom is 0.232 e. The number of amides is 1. The quantitative estimate of drug-likeness (QED) is 0.795. The molecule has 0 aromatic heterocycles. The number of rotatable bonds is 5. The van der Waals surface area contributed by atoms with E-state index < -0.39 is 5.41 Å². The number of halogens is 1. The van der Waals surface area contributed by atoms with Gasteiger partial charge in [0.1, 0.15) is 0 Å². The molecule has 0 bridgehead atoms. The number of likely N-dealkylation sites (N-methyl/N-ethyl adjacent to an activating group) is 1. The fourth-order valence-corrected chi connectivity index (χ4v) is 2.31. The molecule has 0 fully saturated rings. The van der Waals surface area contributed by atoms with E-state index in [1.165, 1.54) is 0 Å². The molecule has 0 heterocycles. The van der Waals surface area contributed by atoms with Crippen molar-refractivity contribution in [2.45, 2.75) is 40.0 Å². The van der Waals surface area contributed by atoms with Crippen LogP contribution in [0.1, 0.15) is 40.2 Å². The van der Waals surface area contributed by atoms with E-state index in [1.807, 2.05) is 49.9 Å². The number of carbonyl (C=O) groups excluding carboxylic acids is 1. The summed E-state index contributed by atoms with van der Waals surface area (Å²) < 4.78 is 0. The van der Waals surface area contributed by atoms with Crippen LogP contribution in [0.3, 0.4) is 0 Å². The van der Waals surface area contributed by atoms with E-state index in [-0.39, 0.29) is 5.91 Å². The monoisotopic (exact) mass is 281 g/mol. The van der Waals surface area contributed by atoms with Crippen LogP contribution in [0.15, 0.2) is 24.3 Å². The van der Waals surface area contributed by atoms with Crippen LogP contribution in [0.5, 0.6) is 0 Å². The van der Waals surface area contributed by atoms with Crippen molar-refractivity contribution in [3.63, 3.8) is 0 Å². The zero-order valence-electron chi connectivity index (χ0n) is 12.5. The molecule has 19 heavy (non-hydrogen) atoms. The van der Waals surface area contributed by atoms with Crippen molar-refractivity contribution < 1.29 is 4.79 Å². The van der Waals surface area contributed by atoms with Gasteiger partial charge in [0.2, 0.25) is 5.91 Å².